The number of furan rings is 1. The topological polar surface area (TPSA) is 28.4 Å². The third kappa shape index (κ3) is 3.60. The molecule has 1 aliphatic rings. The van der Waals surface area contributed by atoms with Gasteiger partial charge in [0.25, 0.3) is 0 Å². The van der Waals surface area contributed by atoms with Gasteiger partial charge in [-0.1, -0.05) is 17.7 Å². The summed E-state index contributed by atoms with van der Waals surface area (Å²) in [6.45, 7) is 4.66. The summed E-state index contributed by atoms with van der Waals surface area (Å²) >= 11 is 6.43. The molecule has 1 N–H and O–H groups in total. The van der Waals surface area contributed by atoms with Crippen LogP contribution in [0.4, 0.5) is 5.69 Å². The fourth-order valence-electron chi connectivity index (χ4n) is 2.51. The van der Waals surface area contributed by atoms with E-state index < -0.39 is 0 Å². The molecule has 3 rings (SSSR count). The number of halogens is 1. The van der Waals surface area contributed by atoms with Gasteiger partial charge < -0.3 is 14.6 Å². The van der Waals surface area contributed by atoms with Crippen LogP contribution < -0.4 is 10.2 Å². The van der Waals surface area contributed by atoms with Crippen LogP contribution in [-0.2, 0) is 13.1 Å². The van der Waals surface area contributed by atoms with Gasteiger partial charge in [0.05, 0.1) is 12.8 Å². The van der Waals surface area contributed by atoms with Crippen molar-refractivity contribution < 1.29 is 4.42 Å². The predicted octanol–water partition coefficient (Wildman–Crippen LogP) is 4.21. The molecule has 1 saturated carbocycles. The summed E-state index contributed by atoms with van der Waals surface area (Å²) in [5.41, 5.74) is 2.37. The van der Waals surface area contributed by atoms with Crippen molar-refractivity contribution in [3.63, 3.8) is 0 Å². The van der Waals surface area contributed by atoms with Crippen molar-refractivity contribution in [3.05, 3.63) is 52.9 Å². The first kappa shape index (κ1) is 14.5. The standard InChI is InChI=1S/C17H21ClN2O/c1-2-20(12-14-5-4-10-21-14)17-7-3-6-16(18)15(17)11-19-13-8-9-13/h3-7,10,13,19H,2,8-9,11-12H2,1H3. The fraction of sp³-hybridized carbons (Fsp3) is 0.412. The molecule has 1 aromatic heterocycles. The van der Waals surface area contributed by atoms with Gasteiger partial charge in [0.2, 0.25) is 0 Å². The molecule has 0 unspecified atom stereocenters. The van der Waals surface area contributed by atoms with Crippen molar-refractivity contribution >= 4 is 17.3 Å². The summed E-state index contributed by atoms with van der Waals surface area (Å²) in [5.74, 6) is 0.970. The molecule has 1 aliphatic carbocycles. The Morgan fingerprint density at radius 3 is 2.81 bits per heavy atom. The summed E-state index contributed by atoms with van der Waals surface area (Å²) in [6, 6.07) is 10.7. The molecular weight excluding hydrogens is 284 g/mol. The lowest BCUT2D eigenvalue weighted by Gasteiger charge is -2.25. The molecule has 21 heavy (non-hydrogen) atoms. The number of rotatable bonds is 7. The Hall–Kier alpha value is -1.45. The van der Waals surface area contributed by atoms with E-state index in [1.165, 1.54) is 24.1 Å². The Morgan fingerprint density at radius 1 is 1.29 bits per heavy atom. The second-order valence-corrected chi connectivity index (χ2v) is 5.89. The molecule has 3 nitrogen and oxygen atoms in total. The highest BCUT2D eigenvalue weighted by molar-refractivity contribution is 6.31. The molecule has 2 aromatic rings. The third-order valence-electron chi connectivity index (χ3n) is 3.89. The van der Waals surface area contributed by atoms with E-state index in [9.17, 15) is 0 Å². The SMILES string of the molecule is CCN(Cc1ccco1)c1cccc(Cl)c1CNC1CC1. The molecule has 1 aromatic carbocycles. The lowest BCUT2D eigenvalue weighted by Crippen LogP contribution is -2.25. The second kappa shape index (κ2) is 6.54. The number of anilines is 1. The minimum atomic E-state index is 0.675. The van der Waals surface area contributed by atoms with E-state index in [0.29, 0.717) is 6.04 Å². The van der Waals surface area contributed by atoms with E-state index in [1.807, 2.05) is 24.3 Å². The third-order valence-corrected chi connectivity index (χ3v) is 4.24. The van der Waals surface area contributed by atoms with E-state index in [0.717, 1.165) is 30.4 Å². The number of hydrogen-bond donors (Lipinski definition) is 1. The zero-order valence-corrected chi connectivity index (χ0v) is 13.1. The Labute approximate surface area is 130 Å². The van der Waals surface area contributed by atoms with Gasteiger partial charge in [0.15, 0.2) is 0 Å². The monoisotopic (exact) mass is 304 g/mol. The van der Waals surface area contributed by atoms with Crippen molar-refractivity contribution in [2.75, 3.05) is 11.4 Å². The zero-order chi connectivity index (χ0) is 14.7. The molecule has 1 heterocycles. The Kier molecular flexibility index (Phi) is 4.51. The normalized spacial score (nSPS) is 14.4. The van der Waals surface area contributed by atoms with Crippen molar-refractivity contribution in [1.29, 1.82) is 0 Å². The average molecular weight is 305 g/mol. The van der Waals surface area contributed by atoms with E-state index >= 15 is 0 Å². The molecule has 1 fully saturated rings. The van der Waals surface area contributed by atoms with Crippen LogP contribution in [-0.4, -0.2) is 12.6 Å². The minimum absolute atomic E-state index is 0.675. The molecule has 0 atom stereocenters. The van der Waals surface area contributed by atoms with Gasteiger partial charge >= 0.3 is 0 Å². The Bertz CT molecular complexity index is 578. The molecule has 0 aliphatic heterocycles. The van der Waals surface area contributed by atoms with Crippen molar-refractivity contribution in [1.82, 2.24) is 5.32 Å². The van der Waals surface area contributed by atoms with Gasteiger partial charge in [0.1, 0.15) is 5.76 Å². The molecule has 4 heteroatoms. The molecule has 0 amide bonds. The summed E-state index contributed by atoms with van der Waals surface area (Å²) in [7, 11) is 0. The Morgan fingerprint density at radius 2 is 2.14 bits per heavy atom. The van der Waals surface area contributed by atoms with Crippen LogP contribution in [0.25, 0.3) is 0 Å². The smallest absolute Gasteiger partial charge is 0.123 e. The van der Waals surface area contributed by atoms with Crippen molar-refractivity contribution in [2.24, 2.45) is 0 Å². The number of hydrogen-bond acceptors (Lipinski definition) is 3. The molecule has 112 valence electrons. The first-order valence-corrected chi connectivity index (χ1v) is 7.94. The predicted molar refractivity (Wildman–Crippen MR) is 86.7 cm³/mol. The summed E-state index contributed by atoms with van der Waals surface area (Å²) in [4.78, 5) is 2.30. The van der Waals surface area contributed by atoms with Gasteiger partial charge in [-0.2, -0.15) is 0 Å². The zero-order valence-electron chi connectivity index (χ0n) is 12.3. The highest BCUT2D eigenvalue weighted by atomic mass is 35.5. The molecule has 0 bridgehead atoms. The summed E-state index contributed by atoms with van der Waals surface area (Å²) < 4.78 is 5.48. The van der Waals surface area contributed by atoms with E-state index in [2.05, 4.69) is 23.2 Å². The van der Waals surface area contributed by atoms with Crippen LogP contribution in [0.15, 0.2) is 41.0 Å². The van der Waals surface area contributed by atoms with Crippen LogP contribution in [0.2, 0.25) is 5.02 Å². The minimum Gasteiger partial charge on any atom is -0.467 e. The van der Waals surface area contributed by atoms with Gasteiger partial charge in [-0.25, -0.2) is 0 Å². The summed E-state index contributed by atoms with van der Waals surface area (Å²) in [6.07, 6.45) is 4.28. The average Bonchev–Trinajstić information content (AvgIpc) is 3.18. The van der Waals surface area contributed by atoms with Crippen molar-refractivity contribution in [2.45, 2.75) is 38.9 Å². The van der Waals surface area contributed by atoms with Crippen molar-refractivity contribution in [3.8, 4) is 0 Å². The van der Waals surface area contributed by atoms with Crippen LogP contribution in [0.5, 0.6) is 0 Å². The number of nitrogens with one attached hydrogen (secondary N) is 1. The molecular formula is C17H21ClN2O. The van der Waals surface area contributed by atoms with Gasteiger partial charge in [-0.3, -0.25) is 0 Å². The largest absolute Gasteiger partial charge is 0.467 e. The van der Waals surface area contributed by atoms with Crippen LogP contribution in [0, 0.1) is 0 Å². The molecule has 0 radical (unpaired) electrons. The maximum atomic E-state index is 6.43. The maximum absolute atomic E-state index is 6.43. The van der Waals surface area contributed by atoms with Gasteiger partial charge in [0, 0.05) is 35.4 Å². The first-order valence-electron chi connectivity index (χ1n) is 7.56. The van der Waals surface area contributed by atoms with Gasteiger partial charge in [-0.05, 0) is 44.0 Å². The van der Waals surface area contributed by atoms with Crippen LogP contribution in [0.3, 0.4) is 0 Å². The highest BCUT2D eigenvalue weighted by Crippen LogP contribution is 2.30. The van der Waals surface area contributed by atoms with Crippen LogP contribution >= 0.6 is 11.6 Å². The van der Waals surface area contributed by atoms with E-state index in [1.54, 1.807) is 6.26 Å². The number of nitrogens with zero attached hydrogens (tertiary/aromatic N) is 1. The first-order chi connectivity index (χ1) is 10.3. The summed E-state index contributed by atoms with van der Waals surface area (Å²) in [5, 5.41) is 4.39. The number of benzene rings is 1. The highest BCUT2D eigenvalue weighted by Gasteiger charge is 2.22. The fourth-order valence-corrected chi connectivity index (χ4v) is 2.75. The van der Waals surface area contributed by atoms with Gasteiger partial charge in [-0.15, -0.1) is 0 Å². The van der Waals surface area contributed by atoms with E-state index in [4.69, 9.17) is 16.0 Å². The second-order valence-electron chi connectivity index (χ2n) is 5.49. The molecule has 0 spiro atoms. The Balaban J connectivity index is 1.81. The van der Waals surface area contributed by atoms with E-state index in [-0.39, 0.29) is 0 Å². The maximum Gasteiger partial charge on any atom is 0.123 e. The lowest BCUT2D eigenvalue weighted by atomic mass is 10.1. The molecule has 0 saturated heterocycles. The lowest BCUT2D eigenvalue weighted by molar-refractivity contribution is 0.503. The quantitative estimate of drug-likeness (QED) is 0.830. The van der Waals surface area contributed by atoms with Crippen LogP contribution in [0.1, 0.15) is 31.1 Å².